The minimum Gasteiger partial charge on any atom is -0.360 e. The molecule has 1 saturated heterocycles. The van der Waals surface area contributed by atoms with E-state index in [9.17, 15) is 10.1 Å². The summed E-state index contributed by atoms with van der Waals surface area (Å²) in [5.41, 5.74) is 1.09. The topological polar surface area (TPSA) is 67.6 Å². The summed E-state index contributed by atoms with van der Waals surface area (Å²) in [6, 6.07) is 6.81. The van der Waals surface area contributed by atoms with Crippen LogP contribution in [0.1, 0.15) is 18.9 Å². The maximum Gasteiger partial charge on any atom is 0.269 e. The third kappa shape index (κ3) is 4.00. The van der Waals surface area contributed by atoms with Crippen molar-refractivity contribution in [1.29, 1.82) is 0 Å². The van der Waals surface area contributed by atoms with Gasteiger partial charge < -0.3 is 10.1 Å². The van der Waals surface area contributed by atoms with Gasteiger partial charge >= 0.3 is 0 Å². The lowest BCUT2D eigenvalue weighted by molar-refractivity contribution is -0.384. The van der Waals surface area contributed by atoms with Crippen LogP contribution in [0.3, 0.4) is 0 Å². The van der Waals surface area contributed by atoms with Crippen molar-refractivity contribution in [2.75, 3.05) is 26.2 Å². The molecule has 0 amide bonds. The molecule has 0 saturated carbocycles. The fourth-order valence-corrected chi connectivity index (χ4v) is 2.40. The lowest BCUT2D eigenvalue weighted by atomic mass is 10.1. The number of ether oxygens (including phenoxy) is 1. The number of benzene rings is 1. The molecular formula is C14H21N3O3. The molecule has 2 rings (SSSR count). The van der Waals surface area contributed by atoms with Crippen LogP contribution in [-0.4, -0.2) is 42.3 Å². The second-order valence-electron chi connectivity index (χ2n) is 4.93. The molecule has 1 N–H and O–H groups in total. The van der Waals surface area contributed by atoms with Crippen molar-refractivity contribution >= 4 is 5.69 Å². The van der Waals surface area contributed by atoms with Gasteiger partial charge in [-0.25, -0.2) is 0 Å². The van der Waals surface area contributed by atoms with Gasteiger partial charge in [0.2, 0.25) is 0 Å². The normalized spacial score (nSPS) is 19.2. The molecule has 1 aromatic carbocycles. The van der Waals surface area contributed by atoms with Crippen LogP contribution in [0, 0.1) is 10.1 Å². The van der Waals surface area contributed by atoms with Gasteiger partial charge in [-0.3, -0.25) is 15.0 Å². The number of non-ortho nitro benzene ring substituents is 1. The quantitative estimate of drug-likeness (QED) is 0.634. The number of nitrogens with zero attached hydrogens (tertiary/aromatic N) is 2. The molecule has 1 heterocycles. The number of nitrogens with one attached hydrogen (secondary N) is 1. The number of nitro groups is 1. The average Bonchev–Trinajstić information content (AvgIpc) is 2.48. The predicted molar refractivity (Wildman–Crippen MR) is 76.4 cm³/mol. The Morgan fingerprint density at radius 1 is 1.55 bits per heavy atom. The first-order chi connectivity index (χ1) is 9.70. The Morgan fingerprint density at radius 2 is 2.40 bits per heavy atom. The zero-order valence-electron chi connectivity index (χ0n) is 11.7. The number of hydrogen-bond acceptors (Lipinski definition) is 5. The smallest absolute Gasteiger partial charge is 0.269 e. The summed E-state index contributed by atoms with van der Waals surface area (Å²) in [6.45, 7) is 6.09. The number of nitro benzene ring substituents is 1. The SMILES string of the molecule is CCCN(Cc1cccc([N+](=O)[O-])c1)C1CNCCO1. The van der Waals surface area contributed by atoms with E-state index in [2.05, 4.69) is 17.1 Å². The number of rotatable bonds is 6. The minimum atomic E-state index is -0.355. The van der Waals surface area contributed by atoms with Crippen molar-refractivity contribution in [3.8, 4) is 0 Å². The summed E-state index contributed by atoms with van der Waals surface area (Å²) < 4.78 is 5.77. The number of hydrogen-bond donors (Lipinski definition) is 1. The first kappa shape index (κ1) is 14.9. The zero-order valence-corrected chi connectivity index (χ0v) is 11.7. The Hall–Kier alpha value is -1.50. The molecule has 110 valence electrons. The van der Waals surface area contributed by atoms with E-state index >= 15 is 0 Å². The van der Waals surface area contributed by atoms with Crippen LogP contribution in [0.15, 0.2) is 24.3 Å². The first-order valence-corrected chi connectivity index (χ1v) is 7.00. The van der Waals surface area contributed by atoms with Crippen molar-refractivity contribution < 1.29 is 9.66 Å². The highest BCUT2D eigenvalue weighted by atomic mass is 16.6. The largest absolute Gasteiger partial charge is 0.360 e. The van der Waals surface area contributed by atoms with Crippen LogP contribution in [-0.2, 0) is 11.3 Å². The highest BCUT2D eigenvalue weighted by Crippen LogP contribution is 2.17. The van der Waals surface area contributed by atoms with E-state index in [1.165, 1.54) is 6.07 Å². The van der Waals surface area contributed by atoms with E-state index < -0.39 is 0 Å². The van der Waals surface area contributed by atoms with Gasteiger partial charge in [0.15, 0.2) is 0 Å². The molecule has 0 bridgehead atoms. The van der Waals surface area contributed by atoms with Gasteiger partial charge in [-0.05, 0) is 12.0 Å². The Morgan fingerprint density at radius 3 is 3.05 bits per heavy atom. The Labute approximate surface area is 118 Å². The van der Waals surface area contributed by atoms with Gasteiger partial charge in [0.05, 0.1) is 11.5 Å². The maximum atomic E-state index is 10.8. The molecule has 1 aliphatic rings. The summed E-state index contributed by atoms with van der Waals surface area (Å²) >= 11 is 0. The molecule has 0 aromatic heterocycles. The third-order valence-corrected chi connectivity index (χ3v) is 3.33. The fourth-order valence-electron chi connectivity index (χ4n) is 2.40. The summed E-state index contributed by atoms with van der Waals surface area (Å²) in [5, 5.41) is 14.1. The van der Waals surface area contributed by atoms with Crippen molar-refractivity contribution in [2.45, 2.75) is 26.1 Å². The van der Waals surface area contributed by atoms with Crippen molar-refractivity contribution in [3.63, 3.8) is 0 Å². The molecule has 0 radical (unpaired) electrons. The Kier molecular flexibility index (Phi) is 5.46. The van der Waals surface area contributed by atoms with Crippen LogP contribution in [0.5, 0.6) is 0 Å². The molecule has 1 fully saturated rings. The number of morpholine rings is 1. The van der Waals surface area contributed by atoms with Crippen molar-refractivity contribution in [2.24, 2.45) is 0 Å². The van der Waals surface area contributed by atoms with Gasteiger partial charge in [0.25, 0.3) is 5.69 Å². The molecule has 6 nitrogen and oxygen atoms in total. The van der Waals surface area contributed by atoms with Crippen LogP contribution in [0.25, 0.3) is 0 Å². The molecule has 6 heteroatoms. The second-order valence-corrected chi connectivity index (χ2v) is 4.93. The standard InChI is InChI=1S/C14H21N3O3/c1-2-7-16(14-10-15-6-8-20-14)11-12-4-3-5-13(9-12)17(18)19/h3-5,9,14-15H,2,6-8,10-11H2,1H3. The van der Waals surface area contributed by atoms with Crippen LogP contribution in [0.2, 0.25) is 0 Å². The molecule has 1 aliphatic heterocycles. The molecule has 20 heavy (non-hydrogen) atoms. The summed E-state index contributed by atoms with van der Waals surface area (Å²) in [6.07, 6.45) is 1.07. The van der Waals surface area contributed by atoms with Gasteiger partial charge in [0.1, 0.15) is 6.23 Å². The predicted octanol–water partition coefficient (Wildman–Crippen LogP) is 1.75. The van der Waals surface area contributed by atoms with Gasteiger partial charge in [-0.1, -0.05) is 19.1 Å². The van der Waals surface area contributed by atoms with E-state index in [-0.39, 0.29) is 16.8 Å². The highest BCUT2D eigenvalue weighted by Gasteiger charge is 2.21. The van der Waals surface area contributed by atoms with Crippen LogP contribution >= 0.6 is 0 Å². The fraction of sp³-hybridized carbons (Fsp3) is 0.571. The lowest BCUT2D eigenvalue weighted by Crippen LogP contribution is -2.49. The zero-order chi connectivity index (χ0) is 14.4. The molecule has 0 spiro atoms. The first-order valence-electron chi connectivity index (χ1n) is 7.00. The molecule has 1 aromatic rings. The van der Waals surface area contributed by atoms with E-state index in [1.54, 1.807) is 12.1 Å². The van der Waals surface area contributed by atoms with Gasteiger partial charge in [-0.15, -0.1) is 0 Å². The molecule has 1 unspecified atom stereocenters. The highest BCUT2D eigenvalue weighted by molar-refractivity contribution is 5.34. The monoisotopic (exact) mass is 279 g/mol. The van der Waals surface area contributed by atoms with E-state index in [0.29, 0.717) is 13.2 Å². The molecule has 0 aliphatic carbocycles. The summed E-state index contributed by atoms with van der Waals surface area (Å²) in [7, 11) is 0. The summed E-state index contributed by atoms with van der Waals surface area (Å²) in [5.74, 6) is 0. The molecular weight excluding hydrogens is 258 g/mol. The van der Waals surface area contributed by atoms with E-state index in [4.69, 9.17) is 4.74 Å². The van der Waals surface area contributed by atoms with Crippen molar-refractivity contribution in [3.05, 3.63) is 39.9 Å². The Bertz CT molecular complexity index is 447. The minimum absolute atomic E-state index is 0.0444. The van der Waals surface area contributed by atoms with Crippen LogP contribution in [0.4, 0.5) is 5.69 Å². The summed E-state index contributed by atoms with van der Waals surface area (Å²) in [4.78, 5) is 12.7. The van der Waals surface area contributed by atoms with Gasteiger partial charge in [0, 0.05) is 38.3 Å². The average molecular weight is 279 g/mol. The third-order valence-electron chi connectivity index (χ3n) is 3.33. The van der Waals surface area contributed by atoms with E-state index in [1.807, 2.05) is 6.07 Å². The molecule has 1 atom stereocenters. The Balaban J connectivity index is 2.06. The second kappa shape index (κ2) is 7.33. The lowest BCUT2D eigenvalue weighted by Gasteiger charge is -2.34. The van der Waals surface area contributed by atoms with E-state index in [0.717, 1.165) is 31.6 Å². The van der Waals surface area contributed by atoms with Crippen molar-refractivity contribution in [1.82, 2.24) is 10.2 Å². The van der Waals surface area contributed by atoms with Gasteiger partial charge in [-0.2, -0.15) is 0 Å². The van der Waals surface area contributed by atoms with Crippen LogP contribution < -0.4 is 5.32 Å². The maximum absolute atomic E-state index is 10.8.